The second-order valence-corrected chi connectivity index (χ2v) is 8.26. The third kappa shape index (κ3) is 17.7. The molecular weight excluding hydrogens is 318 g/mol. The summed E-state index contributed by atoms with van der Waals surface area (Å²) in [6.45, 7) is 6.06. The highest BCUT2D eigenvalue weighted by Gasteiger charge is 2.01. The molecule has 0 aromatic heterocycles. The van der Waals surface area contributed by atoms with Crippen LogP contribution in [0.1, 0.15) is 96.8 Å². The molecule has 0 radical (unpaired) electrons. The van der Waals surface area contributed by atoms with Gasteiger partial charge in [0.1, 0.15) is 0 Å². The Bertz CT molecular complexity index is 402. The Labute approximate surface area is 151 Å². The Kier molecular flexibility index (Phi) is 16.8. The van der Waals surface area contributed by atoms with E-state index in [1.54, 1.807) is 0 Å². The molecule has 0 aromatic carbocycles. The fourth-order valence-corrected chi connectivity index (χ4v) is 3.19. The summed E-state index contributed by atoms with van der Waals surface area (Å²) in [5.74, 6) is 0. The molecule has 24 heavy (non-hydrogen) atoms. The lowest BCUT2D eigenvalue weighted by Gasteiger charge is -2.03. The summed E-state index contributed by atoms with van der Waals surface area (Å²) in [5.41, 5.74) is 0. The van der Waals surface area contributed by atoms with Crippen LogP contribution in [0.4, 0.5) is 0 Å². The molecule has 0 rings (SSSR count). The molecule has 0 saturated carbocycles. The van der Waals surface area contributed by atoms with E-state index in [-0.39, 0.29) is 0 Å². The van der Waals surface area contributed by atoms with Crippen LogP contribution >= 0.6 is 0 Å². The first kappa shape index (κ1) is 23.4. The van der Waals surface area contributed by atoms with Crippen molar-refractivity contribution in [2.45, 2.75) is 96.8 Å². The minimum absolute atomic E-state index is 0.523. The molecule has 0 spiro atoms. The monoisotopic (exact) mass is 357 g/mol. The maximum atomic E-state index is 11.1. The molecule has 0 atom stereocenters. The summed E-state index contributed by atoms with van der Waals surface area (Å²) in [6, 6.07) is 0. The summed E-state index contributed by atoms with van der Waals surface area (Å²) in [4.78, 5) is 0. The molecule has 0 aromatic rings. The molecule has 0 aliphatic heterocycles. The Morgan fingerprint density at radius 1 is 0.750 bits per heavy atom. The van der Waals surface area contributed by atoms with Crippen molar-refractivity contribution in [3.63, 3.8) is 0 Å². The Morgan fingerprint density at radius 3 is 1.71 bits per heavy atom. The van der Waals surface area contributed by atoms with Gasteiger partial charge in [0, 0.05) is 12.0 Å². The van der Waals surface area contributed by atoms with Crippen molar-refractivity contribution in [3.8, 4) is 0 Å². The van der Waals surface area contributed by atoms with E-state index < -0.39 is 10.0 Å². The van der Waals surface area contributed by atoms with Gasteiger partial charge in [0.15, 0.2) is 0 Å². The van der Waals surface area contributed by atoms with E-state index in [1.165, 1.54) is 77.0 Å². The maximum Gasteiger partial charge on any atom is 0.233 e. The molecular formula is C20H39NO2S. The zero-order valence-corrected chi connectivity index (χ0v) is 16.6. The van der Waals surface area contributed by atoms with Gasteiger partial charge in [-0.1, -0.05) is 83.4 Å². The average molecular weight is 358 g/mol. The lowest BCUT2D eigenvalue weighted by molar-refractivity contribution is 0.571. The number of sulfonamides is 1. The average Bonchev–Trinajstić information content (AvgIpc) is 2.57. The Morgan fingerprint density at radius 2 is 1.21 bits per heavy atom. The molecule has 142 valence electrons. The summed E-state index contributed by atoms with van der Waals surface area (Å²) >= 11 is 0. The van der Waals surface area contributed by atoms with E-state index in [1.807, 2.05) is 0 Å². The number of hydrogen-bond acceptors (Lipinski definition) is 2. The second kappa shape index (κ2) is 17.2. The zero-order chi connectivity index (χ0) is 17.9. The molecule has 0 bridgehead atoms. The van der Waals surface area contributed by atoms with E-state index in [4.69, 9.17) is 0 Å². The molecule has 0 saturated heterocycles. The van der Waals surface area contributed by atoms with Crippen molar-refractivity contribution in [2.75, 3.05) is 6.54 Å². The molecule has 4 heteroatoms. The minimum atomic E-state index is -3.23. The van der Waals surface area contributed by atoms with Crippen molar-refractivity contribution in [1.82, 2.24) is 4.72 Å². The first-order valence-corrected chi connectivity index (χ1v) is 11.4. The van der Waals surface area contributed by atoms with Crippen LogP contribution in [0.3, 0.4) is 0 Å². The molecule has 0 unspecified atom stereocenters. The van der Waals surface area contributed by atoms with E-state index in [2.05, 4.69) is 30.4 Å². The highest BCUT2D eigenvalue weighted by Crippen LogP contribution is 2.09. The molecule has 0 fully saturated rings. The smallest absolute Gasteiger partial charge is 0.212 e. The van der Waals surface area contributed by atoms with E-state index in [9.17, 15) is 8.42 Å². The highest BCUT2D eigenvalue weighted by molar-refractivity contribution is 7.92. The van der Waals surface area contributed by atoms with Crippen molar-refractivity contribution >= 4 is 10.0 Å². The fourth-order valence-electron chi connectivity index (χ4n) is 2.65. The number of hydrogen-bond donors (Lipinski definition) is 1. The Balaban J connectivity index is 3.19. The van der Waals surface area contributed by atoms with Gasteiger partial charge in [0.25, 0.3) is 0 Å². The lowest BCUT2D eigenvalue weighted by atomic mass is 10.1. The van der Waals surface area contributed by atoms with Crippen molar-refractivity contribution < 1.29 is 8.42 Å². The standard InChI is InChI=1S/C20H39NO2S/c1-3-5-6-7-8-9-10-11-12-13-14-15-16-17-18-19-20-21-24(22,23)4-2/h4,11-12,21H,2-3,5-10,13-20H2,1H3/b12-11-. The largest absolute Gasteiger partial charge is 0.233 e. The van der Waals surface area contributed by atoms with Gasteiger partial charge in [-0.3, -0.25) is 0 Å². The van der Waals surface area contributed by atoms with Gasteiger partial charge < -0.3 is 0 Å². The maximum absolute atomic E-state index is 11.1. The van der Waals surface area contributed by atoms with Crippen LogP contribution in [0.2, 0.25) is 0 Å². The van der Waals surface area contributed by atoms with Gasteiger partial charge in [-0.15, -0.1) is 0 Å². The predicted octanol–water partition coefficient (Wildman–Crippen LogP) is 6.09. The second-order valence-electron chi connectivity index (χ2n) is 6.54. The molecule has 0 aliphatic carbocycles. The van der Waals surface area contributed by atoms with E-state index in [0.717, 1.165) is 18.2 Å². The highest BCUT2D eigenvalue weighted by atomic mass is 32.2. The van der Waals surface area contributed by atoms with Gasteiger partial charge >= 0.3 is 0 Å². The minimum Gasteiger partial charge on any atom is -0.212 e. The lowest BCUT2D eigenvalue weighted by Crippen LogP contribution is -2.21. The van der Waals surface area contributed by atoms with Gasteiger partial charge in [-0.2, -0.15) is 0 Å². The first-order chi connectivity index (χ1) is 11.6. The Hall–Kier alpha value is -0.610. The number of allylic oxidation sites excluding steroid dienone is 2. The summed E-state index contributed by atoms with van der Waals surface area (Å²) in [5, 5.41) is 0.965. The molecule has 0 aliphatic rings. The molecule has 0 amide bonds. The van der Waals surface area contributed by atoms with Crippen LogP contribution in [-0.2, 0) is 10.0 Å². The fraction of sp³-hybridized carbons (Fsp3) is 0.800. The van der Waals surface area contributed by atoms with Gasteiger partial charge in [0.2, 0.25) is 10.0 Å². The normalized spacial score (nSPS) is 12.0. The van der Waals surface area contributed by atoms with Crippen LogP contribution < -0.4 is 4.72 Å². The first-order valence-electron chi connectivity index (χ1n) is 9.89. The van der Waals surface area contributed by atoms with Crippen molar-refractivity contribution in [2.24, 2.45) is 0 Å². The van der Waals surface area contributed by atoms with Crippen molar-refractivity contribution in [3.05, 3.63) is 24.1 Å². The van der Waals surface area contributed by atoms with Gasteiger partial charge in [0.05, 0.1) is 0 Å². The predicted molar refractivity (Wildman–Crippen MR) is 107 cm³/mol. The summed E-state index contributed by atoms with van der Waals surface area (Å²) < 4.78 is 24.8. The number of unbranched alkanes of at least 4 members (excludes halogenated alkanes) is 12. The summed E-state index contributed by atoms with van der Waals surface area (Å²) in [6.07, 6.45) is 22.4. The van der Waals surface area contributed by atoms with E-state index in [0.29, 0.717) is 6.54 Å². The van der Waals surface area contributed by atoms with E-state index >= 15 is 0 Å². The van der Waals surface area contributed by atoms with Crippen LogP contribution in [-0.4, -0.2) is 15.0 Å². The van der Waals surface area contributed by atoms with Crippen LogP contribution in [0.15, 0.2) is 24.1 Å². The molecule has 0 heterocycles. The van der Waals surface area contributed by atoms with Gasteiger partial charge in [-0.05, 0) is 32.1 Å². The summed E-state index contributed by atoms with van der Waals surface area (Å²) in [7, 11) is -3.23. The quantitative estimate of drug-likeness (QED) is 0.238. The third-order valence-electron chi connectivity index (χ3n) is 4.21. The topological polar surface area (TPSA) is 46.2 Å². The molecule has 3 nitrogen and oxygen atoms in total. The number of rotatable bonds is 18. The van der Waals surface area contributed by atoms with Crippen LogP contribution in [0.25, 0.3) is 0 Å². The van der Waals surface area contributed by atoms with Crippen LogP contribution in [0.5, 0.6) is 0 Å². The van der Waals surface area contributed by atoms with Crippen molar-refractivity contribution in [1.29, 1.82) is 0 Å². The van der Waals surface area contributed by atoms with Crippen LogP contribution in [0, 0.1) is 0 Å². The third-order valence-corrected chi connectivity index (χ3v) is 5.26. The SMILES string of the molecule is C=CS(=O)(=O)NCCCCCCCC/C=C\CCCCCCCC. The number of nitrogens with one attached hydrogen (secondary N) is 1. The zero-order valence-electron chi connectivity index (χ0n) is 15.8. The van der Waals surface area contributed by atoms with Gasteiger partial charge in [-0.25, -0.2) is 13.1 Å². The molecule has 1 N–H and O–H groups in total.